The van der Waals surface area contributed by atoms with Gasteiger partial charge in [-0.25, -0.2) is 0 Å². The smallest absolute Gasteiger partial charge is 0.153 e. The van der Waals surface area contributed by atoms with Crippen LogP contribution >= 0.6 is 34.3 Å². The van der Waals surface area contributed by atoms with E-state index >= 15 is 0 Å². The van der Waals surface area contributed by atoms with E-state index in [9.17, 15) is 0 Å². The van der Waals surface area contributed by atoms with Gasteiger partial charge in [0.25, 0.3) is 0 Å². The van der Waals surface area contributed by atoms with Crippen molar-refractivity contribution in [2.24, 2.45) is 0 Å². The molecule has 0 saturated heterocycles. The van der Waals surface area contributed by atoms with Gasteiger partial charge in [0.2, 0.25) is 0 Å². The molecular weight excluding hydrogens is 182 g/mol. The van der Waals surface area contributed by atoms with Gasteiger partial charge in [-0.2, -0.15) is 11.1 Å². The van der Waals surface area contributed by atoms with Crippen molar-refractivity contribution in [3.63, 3.8) is 0 Å². The standard InChI is InChI=1S/C4H9Cl3Si/c1-8(2,7)3-4(5)6/h4H,3H2,1-2H3. The summed E-state index contributed by atoms with van der Waals surface area (Å²) in [6.07, 6.45) is 0. The molecule has 0 rings (SSSR count). The Labute approximate surface area is 65.8 Å². The topological polar surface area (TPSA) is 0 Å². The predicted molar refractivity (Wildman–Crippen MR) is 43.6 cm³/mol. The summed E-state index contributed by atoms with van der Waals surface area (Å²) in [5.41, 5.74) is 0. The lowest BCUT2D eigenvalue weighted by molar-refractivity contribution is 1.31. The molecule has 0 aliphatic rings. The van der Waals surface area contributed by atoms with Crippen LogP contribution in [0.1, 0.15) is 0 Å². The molecular formula is C4H9Cl3Si. The zero-order valence-corrected chi connectivity index (χ0v) is 8.19. The number of alkyl halides is 2. The van der Waals surface area contributed by atoms with Crippen molar-refractivity contribution in [3.05, 3.63) is 0 Å². The second-order valence-electron chi connectivity index (χ2n) is 2.31. The summed E-state index contributed by atoms with van der Waals surface area (Å²) in [6.45, 7) is 4.04. The number of rotatable bonds is 2. The van der Waals surface area contributed by atoms with Crippen LogP contribution in [0.2, 0.25) is 19.1 Å². The fourth-order valence-electron chi connectivity index (χ4n) is 0.367. The lowest BCUT2D eigenvalue weighted by Gasteiger charge is -2.11. The van der Waals surface area contributed by atoms with E-state index in [4.69, 9.17) is 34.3 Å². The average Bonchev–Trinajstić information content (AvgIpc) is 1.21. The lowest BCUT2D eigenvalue weighted by Crippen LogP contribution is -2.18. The molecule has 0 aromatic heterocycles. The fraction of sp³-hybridized carbons (Fsp3) is 1.00. The van der Waals surface area contributed by atoms with Crippen molar-refractivity contribution in [1.29, 1.82) is 0 Å². The summed E-state index contributed by atoms with van der Waals surface area (Å²) >= 11 is 16.9. The van der Waals surface area contributed by atoms with E-state index in [1.54, 1.807) is 0 Å². The monoisotopic (exact) mass is 190 g/mol. The Morgan fingerprint density at radius 3 is 1.75 bits per heavy atom. The highest BCUT2D eigenvalue weighted by Crippen LogP contribution is 2.21. The molecule has 0 aromatic carbocycles. The molecule has 0 bridgehead atoms. The molecule has 50 valence electrons. The van der Waals surface area contributed by atoms with Gasteiger partial charge in [-0.1, -0.05) is 13.1 Å². The maximum absolute atomic E-state index is 5.90. The Hall–Kier alpha value is 1.09. The van der Waals surface area contributed by atoms with Crippen molar-refractivity contribution in [3.8, 4) is 0 Å². The predicted octanol–water partition coefficient (Wildman–Crippen LogP) is 3.23. The minimum absolute atomic E-state index is 0.283. The highest BCUT2D eigenvalue weighted by Gasteiger charge is 2.19. The molecule has 0 aromatic rings. The van der Waals surface area contributed by atoms with Gasteiger partial charge in [0.1, 0.15) is 4.84 Å². The molecule has 0 fully saturated rings. The second kappa shape index (κ2) is 3.30. The SMILES string of the molecule is C[Si](C)(Cl)CC(Cl)Cl. The molecule has 0 saturated carbocycles. The summed E-state index contributed by atoms with van der Waals surface area (Å²) in [7, 11) is -1.51. The van der Waals surface area contributed by atoms with Crippen LogP contribution in [0.15, 0.2) is 0 Å². The maximum atomic E-state index is 5.90. The van der Waals surface area contributed by atoms with Gasteiger partial charge < -0.3 is 0 Å². The first-order valence-electron chi connectivity index (χ1n) is 2.39. The first kappa shape index (κ1) is 9.09. The summed E-state index contributed by atoms with van der Waals surface area (Å²) in [4.78, 5) is -0.283. The van der Waals surface area contributed by atoms with E-state index in [0.717, 1.165) is 6.04 Å². The van der Waals surface area contributed by atoms with E-state index in [2.05, 4.69) is 0 Å². The largest absolute Gasteiger partial charge is 0.167 e. The van der Waals surface area contributed by atoms with Gasteiger partial charge in [-0.05, 0) is 6.04 Å². The third kappa shape index (κ3) is 7.09. The second-order valence-corrected chi connectivity index (χ2v) is 10.5. The minimum Gasteiger partial charge on any atom is -0.167 e. The van der Waals surface area contributed by atoms with Crippen LogP contribution in [0.3, 0.4) is 0 Å². The van der Waals surface area contributed by atoms with Crippen LogP contribution in [0, 0.1) is 0 Å². The summed E-state index contributed by atoms with van der Waals surface area (Å²) in [6, 6.07) is 0.762. The van der Waals surface area contributed by atoms with Crippen LogP contribution < -0.4 is 0 Å². The first-order valence-corrected chi connectivity index (χ1v) is 7.48. The number of hydrogen-bond donors (Lipinski definition) is 0. The van der Waals surface area contributed by atoms with E-state index < -0.39 is 7.38 Å². The van der Waals surface area contributed by atoms with Crippen molar-refractivity contribution in [1.82, 2.24) is 0 Å². The fourth-order valence-corrected chi connectivity index (χ4v) is 4.35. The molecule has 0 radical (unpaired) electrons. The Morgan fingerprint density at radius 2 is 1.75 bits per heavy atom. The van der Waals surface area contributed by atoms with Gasteiger partial charge in [0.15, 0.2) is 7.38 Å². The molecule has 8 heavy (non-hydrogen) atoms. The van der Waals surface area contributed by atoms with Crippen molar-refractivity contribution < 1.29 is 0 Å². The first-order chi connectivity index (χ1) is 3.42. The molecule has 0 aliphatic heterocycles. The molecule has 4 heteroatoms. The zero-order valence-electron chi connectivity index (χ0n) is 4.92. The average molecular weight is 192 g/mol. The molecule has 0 atom stereocenters. The third-order valence-corrected chi connectivity index (χ3v) is 3.31. The molecule has 0 aliphatic carbocycles. The highest BCUT2D eigenvalue weighted by atomic mass is 35.6. The Morgan fingerprint density at radius 1 is 1.38 bits per heavy atom. The third-order valence-electron chi connectivity index (χ3n) is 0.640. The molecule has 0 spiro atoms. The van der Waals surface area contributed by atoms with Crippen molar-refractivity contribution >= 4 is 41.7 Å². The zero-order chi connectivity index (χ0) is 6.78. The maximum Gasteiger partial charge on any atom is 0.153 e. The Bertz CT molecular complexity index is 66.2. The number of hydrogen-bond acceptors (Lipinski definition) is 0. The highest BCUT2D eigenvalue weighted by molar-refractivity contribution is 7.19. The molecule has 0 nitrogen and oxygen atoms in total. The van der Waals surface area contributed by atoms with E-state index in [0.29, 0.717) is 0 Å². The normalized spacial score (nSPS) is 12.8. The van der Waals surface area contributed by atoms with Gasteiger partial charge in [-0.15, -0.1) is 23.2 Å². The van der Waals surface area contributed by atoms with Crippen LogP contribution in [-0.4, -0.2) is 12.2 Å². The van der Waals surface area contributed by atoms with Crippen LogP contribution in [-0.2, 0) is 0 Å². The Balaban J connectivity index is 3.39. The van der Waals surface area contributed by atoms with Crippen LogP contribution in [0.5, 0.6) is 0 Å². The quantitative estimate of drug-likeness (QED) is 0.357. The summed E-state index contributed by atoms with van der Waals surface area (Å²) < 4.78 is 0. The van der Waals surface area contributed by atoms with E-state index in [1.165, 1.54) is 0 Å². The van der Waals surface area contributed by atoms with Crippen molar-refractivity contribution in [2.45, 2.75) is 24.0 Å². The summed E-state index contributed by atoms with van der Waals surface area (Å²) in [5.74, 6) is 0. The molecule has 0 unspecified atom stereocenters. The number of halogens is 3. The van der Waals surface area contributed by atoms with Crippen LogP contribution in [0.25, 0.3) is 0 Å². The van der Waals surface area contributed by atoms with Gasteiger partial charge >= 0.3 is 0 Å². The van der Waals surface area contributed by atoms with Crippen molar-refractivity contribution in [2.75, 3.05) is 0 Å². The van der Waals surface area contributed by atoms with Gasteiger partial charge in [-0.3, -0.25) is 0 Å². The van der Waals surface area contributed by atoms with E-state index in [1.807, 2.05) is 13.1 Å². The van der Waals surface area contributed by atoms with E-state index in [-0.39, 0.29) is 4.84 Å². The minimum atomic E-state index is -1.51. The molecule has 0 N–H and O–H groups in total. The van der Waals surface area contributed by atoms with Crippen LogP contribution in [0.4, 0.5) is 0 Å². The van der Waals surface area contributed by atoms with Gasteiger partial charge in [0.05, 0.1) is 0 Å². The Kier molecular flexibility index (Phi) is 3.75. The molecule has 0 heterocycles. The lowest BCUT2D eigenvalue weighted by atomic mass is 10.9. The molecule has 0 amide bonds. The summed E-state index contributed by atoms with van der Waals surface area (Å²) in [5, 5.41) is 0. The van der Waals surface area contributed by atoms with Gasteiger partial charge in [0, 0.05) is 0 Å².